The highest BCUT2D eigenvalue weighted by atomic mass is 16.7. The van der Waals surface area contributed by atoms with Crippen LogP contribution >= 0.6 is 0 Å². The summed E-state index contributed by atoms with van der Waals surface area (Å²) >= 11 is 0. The number of benzene rings is 3. The largest absolute Gasteiger partial charge is 0.497 e. The Kier molecular flexibility index (Phi) is 10.0. The van der Waals surface area contributed by atoms with Gasteiger partial charge in [-0.1, -0.05) is 6.92 Å². The zero-order valence-corrected chi connectivity index (χ0v) is 26.2. The van der Waals surface area contributed by atoms with E-state index in [2.05, 4.69) is 16.0 Å². The zero-order chi connectivity index (χ0) is 32.8. The number of hydrogen-bond acceptors (Lipinski definition) is 8. The highest BCUT2D eigenvalue weighted by Gasteiger charge is 2.32. The average Bonchev–Trinajstić information content (AvgIpc) is 3.53. The Balaban J connectivity index is 1.33. The predicted molar refractivity (Wildman–Crippen MR) is 172 cm³/mol. The minimum Gasteiger partial charge on any atom is -0.497 e. The number of amides is 5. The van der Waals surface area contributed by atoms with Gasteiger partial charge in [0.25, 0.3) is 0 Å². The van der Waals surface area contributed by atoms with Gasteiger partial charge in [0, 0.05) is 48.2 Å². The topological polar surface area (TPSA) is 151 Å². The van der Waals surface area contributed by atoms with Crippen molar-refractivity contribution in [3.05, 3.63) is 66.2 Å². The van der Waals surface area contributed by atoms with E-state index >= 15 is 0 Å². The predicted octanol–water partition coefficient (Wildman–Crippen LogP) is 4.38. The molecule has 0 saturated heterocycles. The quantitative estimate of drug-likeness (QED) is 0.285. The summed E-state index contributed by atoms with van der Waals surface area (Å²) in [6, 6.07) is 16.0. The van der Waals surface area contributed by atoms with Gasteiger partial charge in [0.05, 0.1) is 32.7 Å². The number of likely N-dealkylation sites (N-methyl/N-ethyl adjacent to an activating group) is 1. The van der Waals surface area contributed by atoms with Gasteiger partial charge < -0.3 is 49.8 Å². The molecule has 0 aromatic heterocycles. The van der Waals surface area contributed by atoms with E-state index in [0.717, 1.165) is 0 Å². The van der Waals surface area contributed by atoms with Crippen LogP contribution in [-0.4, -0.2) is 85.7 Å². The number of aliphatic hydroxyl groups excluding tert-OH is 1. The maximum atomic E-state index is 13.5. The number of hydrogen-bond donors (Lipinski definition) is 4. The lowest BCUT2D eigenvalue weighted by Gasteiger charge is -2.34. The van der Waals surface area contributed by atoms with Crippen molar-refractivity contribution in [3.63, 3.8) is 0 Å². The highest BCUT2D eigenvalue weighted by Crippen LogP contribution is 2.34. The van der Waals surface area contributed by atoms with E-state index in [1.807, 2.05) is 6.92 Å². The molecule has 5 rings (SSSR count). The zero-order valence-electron chi connectivity index (χ0n) is 26.2. The van der Waals surface area contributed by atoms with Crippen LogP contribution in [0.25, 0.3) is 0 Å². The van der Waals surface area contributed by atoms with Gasteiger partial charge in [-0.15, -0.1) is 0 Å². The molecular formula is C33H39N5O8. The number of urea groups is 2. The van der Waals surface area contributed by atoms with Crippen molar-refractivity contribution in [1.82, 2.24) is 9.80 Å². The highest BCUT2D eigenvalue weighted by molar-refractivity contribution is 6.00. The van der Waals surface area contributed by atoms with Gasteiger partial charge in [0.15, 0.2) is 11.5 Å². The summed E-state index contributed by atoms with van der Waals surface area (Å²) in [6.45, 7) is 4.17. The summed E-state index contributed by atoms with van der Waals surface area (Å²) < 4.78 is 22.4. The van der Waals surface area contributed by atoms with Crippen LogP contribution < -0.4 is 34.9 Å². The summed E-state index contributed by atoms with van der Waals surface area (Å²) in [7, 11) is 3.23. The number of nitrogens with one attached hydrogen (secondary N) is 3. The van der Waals surface area contributed by atoms with Crippen molar-refractivity contribution in [3.8, 4) is 23.0 Å². The molecule has 3 aromatic rings. The maximum absolute atomic E-state index is 13.5. The van der Waals surface area contributed by atoms with Gasteiger partial charge in [-0.05, 0) is 61.5 Å². The summed E-state index contributed by atoms with van der Waals surface area (Å²) in [5, 5.41) is 18.4. The van der Waals surface area contributed by atoms with Crippen LogP contribution in [0.5, 0.6) is 23.0 Å². The number of fused-ring (bicyclic) bond motifs is 2. The summed E-state index contributed by atoms with van der Waals surface area (Å²) in [6.07, 6.45) is -0.516. The molecule has 0 spiro atoms. The Morgan fingerprint density at radius 2 is 1.63 bits per heavy atom. The molecule has 2 aliphatic rings. The molecule has 0 bridgehead atoms. The van der Waals surface area contributed by atoms with E-state index in [-0.39, 0.29) is 44.2 Å². The molecule has 0 aliphatic carbocycles. The first-order valence-electron chi connectivity index (χ1n) is 15.0. The van der Waals surface area contributed by atoms with Crippen molar-refractivity contribution < 1.29 is 38.4 Å². The number of anilines is 3. The lowest BCUT2D eigenvalue weighted by Crippen LogP contribution is -2.48. The van der Waals surface area contributed by atoms with Gasteiger partial charge in [0.1, 0.15) is 17.6 Å². The molecule has 0 radical (unpaired) electrons. The standard InChI is InChI=1S/C33H39N5O8/c1-20-16-38(21(2)18-39)31(40)14-22-13-24(35-32(41)34-23-5-9-26(43-4)10-6-23)7-11-27(22)46-30(20)17-37(3)33(42)36-25-8-12-28-29(15-25)45-19-44-28/h5-13,15,20-21,30,39H,14,16-19H2,1-4H3,(H,36,42)(H2,34,35,41)/t20-,21-,30+/m0/s1. The van der Waals surface area contributed by atoms with Crippen LogP contribution in [0.1, 0.15) is 19.4 Å². The molecule has 13 heteroatoms. The number of carbonyl (C=O) groups is 3. The molecule has 2 heterocycles. The summed E-state index contributed by atoms with van der Waals surface area (Å²) in [4.78, 5) is 42.6. The first kappa shape index (κ1) is 32.2. The molecule has 46 heavy (non-hydrogen) atoms. The molecule has 13 nitrogen and oxygen atoms in total. The fourth-order valence-corrected chi connectivity index (χ4v) is 5.24. The van der Waals surface area contributed by atoms with Crippen molar-refractivity contribution in [1.29, 1.82) is 0 Å². The number of rotatable bonds is 8. The fourth-order valence-electron chi connectivity index (χ4n) is 5.24. The third-order valence-corrected chi connectivity index (χ3v) is 7.95. The Bertz CT molecular complexity index is 1570. The van der Waals surface area contributed by atoms with E-state index in [0.29, 0.717) is 52.2 Å². The van der Waals surface area contributed by atoms with Gasteiger partial charge in [-0.3, -0.25) is 4.79 Å². The number of methoxy groups -OCH3 is 1. The van der Waals surface area contributed by atoms with Gasteiger partial charge in [-0.2, -0.15) is 0 Å². The number of aliphatic hydroxyl groups is 1. The SMILES string of the molecule is COc1ccc(NC(=O)Nc2ccc3c(c2)CC(=O)N([C@@H](C)CO)C[C@H](C)[C@@H](CN(C)C(=O)Nc2ccc4c(c2)OCO4)O3)cc1. The van der Waals surface area contributed by atoms with Crippen molar-refractivity contribution in [2.75, 3.05) is 56.6 Å². The summed E-state index contributed by atoms with van der Waals surface area (Å²) in [5.74, 6) is 1.91. The Hall–Kier alpha value is -5.17. The molecule has 0 saturated carbocycles. The van der Waals surface area contributed by atoms with Crippen molar-refractivity contribution >= 4 is 35.0 Å². The Morgan fingerprint density at radius 1 is 0.978 bits per heavy atom. The molecule has 4 N–H and O–H groups in total. The fraction of sp³-hybridized carbons (Fsp3) is 0.364. The van der Waals surface area contributed by atoms with Crippen molar-refractivity contribution in [2.45, 2.75) is 32.4 Å². The maximum Gasteiger partial charge on any atom is 0.323 e. The van der Waals surface area contributed by atoms with E-state index in [1.54, 1.807) is 86.6 Å². The second kappa shape index (κ2) is 14.3. The van der Waals surface area contributed by atoms with Crippen molar-refractivity contribution in [2.24, 2.45) is 5.92 Å². The van der Waals surface area contributed by atoms with Gasteiger partial charge in [-0.25, -0.2) is 9.59 Å². The first-order chi connectivity index (χ1) is 22.1. The van der Waals surface area contributed by atoms with Crippen LogP contribution in [0, 0.1) is 5.92 Å². The van der Waals surface area contributed by atoms with Crippen LogP contribution in [-0.2, 0) is 11.2 Å². The lowest BCUT2D eigenvalue weighted by atomic mass is 10.0. The molecule has 3 aromatic carbocycles. The molecule has 3 atom stereocenters. The van der Waals surface area contributed by atoms with E-state index in [9.17, 15) is 19.5 Å². The monoisotopic (exact) mass is 633 g/mol. The normalized spacial score (nSPS) is 17.8. The van der Waals surface area contributed by atoms with E-state index in [4.69, 9.17) is 18.9 Å². The van der Waals surface area contributed by atoms with Gasteiger partial charge >= 0.3 is 12.1 Å². The minimum atomic E-state index is -0.511. The number of ether oxygens (including phenoxy) is 4. The third-order valence-electron chi connectivity index (χ3n) is 7.95. The minimum absolute atomic E-state index is 0.00479. The Labute approximate surface area is 267 Å². The number of carbonyl (C=O) groups excluding carboxylic acids is 3. The molecule has 0 fully saturated rings. The molecule has 2 aliphatic heterocycles. The van der Waals surface area contributed by atoms with Crippen LogP contribution in [0.3, 0.4) is 0 Å². The average molecular weight is 634 g/mol. The van der Waals surface area contributed by atoms with Crippen LogP contribution in [0.4, 0.5) is 26.7 Å². The second-order valence-corrected chi connectivity index (χ2v) is 11.4. The first-order valence-corrected chi connectivity index (χ1v) is 15.0. The van der Waals surface area contributed by atoms with E-state index in [1.165, 1.54) is 4.90 Å². The third kappa shape index (κ3) is 7.72. The van der Waals surface area contributed by atoms with Crippen LogP contribution in [0.15, 0.2) is 60.7 Å². The molecule has 0 unspecified atom stereocenters. The number of nitrogens with zero attached hydrogens (tertiary/aromatic N) is 2. The lowest BCUT2D eigenvalue weighted by molar-refractivity contribution is -0.134. The summed E-state index contributed by atoms with van der Waals surface area (Å²) in [5.41, 5.74) is 2.16. The van der Waals surface area contributed by atoms with Gasteiger partial charge in [0.2, 0.25) is 12.7 Å². The van der Waals surface area contributed by atoms with E-state index < -0.39 is 18.2 Å². The van der Waals surface area contributed by atoms with Crippen LogP contribution in [0.2, 0.25) is 0 Å². The molecular weight excluding hydrogens is 594 g/mol. The molecule has 244 valence electrons. The molecule has 5 amide bonds. The Morgan fingerprint density at radius 3 is 2.35 bits per heavy atom. The second-order valence-electron chi connectivity index (χ2n) is 11.4. The smallest absolute Gasteiger partial charge is 0.323 e.